The molecule has 0 aliphatic carbocycles. The molecule has 0 saturated carbocycles. The second kappa shape index (κ2) is 6.61. The average Bonchev–Trinajstić information content (AvgIpc) is 3.09. The molecule has 0 unspecified atom stereocenters. The SMILES string of the molecule is C[C@@H](Cc1cccc(-c2ccc(S(C)(=O)=O)cc2)n1)c1ccoc1. The molecule has 0 spiro atoms. The van der Waals surface area contributed by atoms with E-state index in [2.05, 4.69) is 6.92 Å². The summed E-state index contributed by atoms with van der Waals surface area (Å²) in [5, 5.41) is 0. The van der Waals surface area contributed by atoms with Crippen molar-refractivity contribution in [3.8, 4) is 11.3 Å². The fraction of sp³-hybridized carbons (Fsp3) is 0.211. The van der Waals surface area contributed by atoms with Crippen LogP contribution in [-0.2, 0) is 16.3 Å². The maximum absolute atomic E-state index is 11.5. The summed E-state index contributed by atoms with van der Waals surface area (Å²) in [7, 11) is -3.18. The zero-order valence-electron chi connectivity index (χ0n) is 13.6. The third kappa shape index (κ3) is 3.74. The van der Waals surface area contributed by atoms with Crippen molar-refractivity contribution in [1.82, 2.24) is 4.98 Å². The van der Waals surface area contributed by atoms with E-state index >= 15 is 0 Å². The monoisotopic (exact) mass is 341 g/mol. The maximum atomic E-state index is 11.5. The molecule has 0 radical (unpaired) electrons. The maximum Gasteiger partial charge on any atom is 0.175 e. The fourth-order valence-electron chi connectivity index (χ4n) is 2.61. The van der Waals surface area contributed by atoms with Crippen LogP contribution in [0.3, 0.4) is 0 Å². The molecule has 0 bridgehead atoms. The first-order chi connectivity index (χ1) is 11.4. The Morgan fingerprint density at radius 2 is 1.83 bits per heavy atom. The van der Waals surface area contributed by atoms with E-state index in [9.17, 15) is 8.42 Å². The van der Waals surface area contributed by atoms with Gasteiger partial charge in [0.05, 0.1) is 23.1 Å². The van der Waals surface area contributed by atoms with Crippen molar-refractivity contribution < 1.29 is 12.8 Å². The van der Waals surface area contributed by atoms with Crippen LogP contribution in [-0.4, -0.2) is 19.7 Å². The first kappa shape index (κ1) is 16.5. The Hall–Kier alpha value is -2.40. The molecule has 1 atom stereocenters. The zero-order valence-corrected chi connectivity index (χ0v) is 14.5. The highest BCUT2D eigenvalue weighted by Gasteiger charge is 2.11. The van der Waals surface area contributed by atoms with E-state index in [1.54, 1.807) is 36.8 Å². The average molecular weight is 341 g/mol. The molecule has 0 N–H and O–H groups in total. The van der Waals surface area contributed by atoms with Crippen LogP contribution < -0.4 is 0 Å². The number of nitrogens with zero attached hydrogens (tertiary/aromatic N) is 1. The molecule has 24 heavy (non-hydrogen) atoms. The summed E-state index contributed by atoms with van der Waals surface area (Å²) >= 11 is 0. The van der Waals surface area contributed by atoms with E-state index < -0.39 is 9.84 Å². The highest BCUT2D eigenvalue weighted by atomic mass is 32.2. The van der Waals surface area contributed by atoms with Gasteiger partial charge in [-0.1, -0.05) is 25.1 Å². The van der Waals surface area contributed by atoms with Crippen LogP contribution in [0, 0.1) is 0 Å². The Kier molecular flexibility index (Phi) is 4.53. The van der Waals surface area contributed by atoms with Gasteiger partial charge >= 0.3 is 0 Å². The highest BCUT2D eigenvalue weighted by molar-refractivity contribution is 7.90. The highest BCUT2D eigenvalue weighted by Crippen LogP contribution is 2.23. The summed E-state index contributed by atoms with van der Waals surface area (Å²) < 4.78 is 28.2. The standard InChI is InChI=1S/C19H19NO3S/c1-14(16-10-11-23-13-16)12-17-4-3-5-19(20-17)15-6-8-18(9-7-15)24(2,21)22/h3-11,13-14H,12H2,1-2H3/t14-/m0/s1. The number of sulfone groups is 1. The second-order valence-corrected chi connectivity index (χ2v) is 7.99. The van der Waals surface area contributed by atoms with Crippen molar-refractivity contribution in [3.63, 3.8) is 0 Å². The van der Waals surface area contributed by atoms with Gasteiger partial charge in [-0.05, 0) is 48.2 Å². The van der Waals surface area contributed by atoms with E-state index in [-0.39, 0.29) is 0 Å². The normalized spacial score (nSPS) is 12.9. The van der Waals surface area contributed by atoms with Gasteiger partial charge in [-0.15, -0.1) is 0 Å². The molecule has 2 heterocycles. The number of rotatable bonds is 5. The predicted octanol–water partition coefficient (Wildman–Crippen LogP) is 4.09. The molecule has 4 nitrogen and oxygen atoms in total. The third-order valence-corrected chi connectivity index (χ3v) is 5.14. The summed E-state index contributed by atoms with van der Waals surface area (Å²) in [5.41, 5.74) is 3.89. The largest absolute Gasteiger partial charge is 0.472 e. The van der Waals surface area contributed by atoms with Gasteiger partial charge < -0.3 is 4.42 Å². The van der Waals surface area contributed by atoms with Crippen LogP contribution in [0.2, 0.25) is 0 Å². The van der Waals surface area contributed by atoms with Crippen LogP contribution in [0.1, 0.15) is 24.1 Å². The third-order valence-electron chi connectivity index (χ3n) is 4.01. The number of furan rings is 1. The van der Waals surface area contributed by atoms with Gasteiger partial charge in [0.2, 0.25) is 0 Å². The number of hydrogen-bond donors (Lipinski definition) is 0. The van der Waals surface area contributed by atoms with Crippen molar-refractivity contribution in [2.45, 2.75) is 24.2 Å². The Labute approximate surface area is 142 Å². The fourth-order valence-corrected chi connectivity index (χ4v) is 3.24. The Bertz CT molecular complexity index is 914. The first-order valence-corrected chi connectivity index (χ1v) is 9.61. The molecule has 1 aromatic carbocycles. The Morgan fingerprint density at radius 3 is 2.46 bits per heavy atom. The summed E-state index contributed by atoms with van der Waals surface area (Å²) in [5.74, 6) is 0.319. The second-order valence-electron chi connectivity index (χ2n) is 5.97. The number of benzene rings is 1. The lowest BCUT2D eigenvalue weighted by Gasteiger charge is -2.10. The van der Waals surface area contributed by atoms with Crippen molar-refractivity contribution in [2.75, 3.05) is 6.26 Å². The zero-order chi connectivity index (χ0) is 17.2. The van der Waals surface area contributed by atoms with Crippen molar-refractivity contribution in [1.29, 1.82) is 0 Å². The van der Waals surface area contributed by atoms with Crippen molar-refractivity contribution >= 4 is 9.84 Å². The van der Waals surface area contributed by atoms with E-state index in [1.165, 1.54) is 6.26 Å². The molecule has 0 aliphatic rings. The molecule has 124 valence electrons. The molecule has 2 aromatic heterocycles. The topological polar surface area (TPSA) is 60.2 Å². The van der Waals surface area contributed by atoms with Gasteiger partial charge in [-0.3, -0.25) is 4.98 Å². The van der Waals surface area contributed by atoms with Crippen LogP contribution >= 0.6 is 0 Å². The lowest BCUT2D eigenvalue weighted by molar-refractivity contribution is 0.559. The molecule has 5 heteroatoms. The molecule has 0 fully saturated rings. The van der Waals surface area contributed by atoms with Gasteiger partial charge in [-0.25, -0.2) is 8.42 Å². The van der Waals surface area contributed by atoms with Crippen LogP contribution in [0.25, 0.3) is 11.3 Å². The summed E-state index contributed by atoms with van der Waals surface area (Å²) in [6.07, 6.45) is 5.46. The summed E-state index contributed by atoms with van der Waals surface area (Å²) in [6, 6.07) is 14.7. The minimum Gasteiger partial charge on any atom is -0.472 e. The first-order valence-electron chi connectivity index (χ1n) is 7.72. The van der Waals surface area contributed by atoms with Gasteiger partial charge in [0.1, 0.15) is 0 Å². The smallest absolute Gasteiger partial charge is 0.175 e. The van der Waals surface area contributed by atoms with Gasteiger partial charge in [-0.2, -0.15) is 0 Å². The molecule has 3 aromatic rings. The summed E-state index contributed by atoms with van der Waals surface area (Å²) in [4.78, 5) is 5.02. The number of aromatic nitrogens is 1. The van der Waals surface area contributed by atoms with E-state index in [1.807, 2.05) is 24.3 Å². The van der Waals surface area contributed by atoms with Gasteiger partial charge in [0, 0.05) is 17.5 Å². The molecule has 0 aliphatic heterocycles. The quantitative estimate of drug-likeness (QED) is 0.701. The van der Waals surface area contributed by atoms with Gasteiger partial charge in [0.15, 0.2) is 9.84 Å². The minimum absolute atomic E-state index is 0.316. The lowest BCUT2D eigenvalue weighted by Crippen LogP contribution is -2.00. The molecule has 3 rings (SSSR count). The number of pyridine rings is 1. The predicted molar refractivity (Wildman–Crippen MR) is 93.6 cm³/mol. The molecular formula is C19H19NO3S. The van der Waals surface area contributed by atoms with E-state index in [0.29, 0.717) is 10.8 Å². The number of hydrogen-bond acceptors (Lipinski definition) is 4. The molecular weight excluding hydrogens is 322 g/mol. The Balaban J connectivity index is 1.82. The summed E-state index contributed by atoms with van der Waals surface area (Å²) in [6.45, 7) is 2.14. The van der Waals surface area contributed by atoms with Crippen molar-refractivity contribution in [2.24, 2.45) is 0 Å². The molecule has 0 amide bonds. The van der Waals surface area contributed by atoms with Crippen LogP contribution in [0.5, 0.6) is 0 Å². The van der Waals surface area contributed by atoms with E-state index in [0.717, 1.165) is 28.9 Å². The minimum atomic E-state index is -3.18. The van der Waals surface area contributed by atoms with Crippen molar-refractivity contribution in [3.05, 3.63) is 72.3 Å². The van der Waals surface area contributed by atoms with Gasteiger partial charge in [0.25, 0.3) is 0 Å². The van der Waals surface area contributed by atoms with Crippen LogP contribution in [0.15, 0.2) is 70.4 Å². The lowest BCUT2D eigenvalue weighted by atomic mass is 9.98. The Morgan fingerprint density at radius 1 is 1.08 bits per heavy atom. The van der Waals surface area contributed by atoms with Crippen LogP contribution in [0.4, 0.5) is 0 Å². The molecule has 0 saturated heterocycles. The van der Waals surface area contributed by atoms with E-state index in [4.69, 9.17) is 9.40 Å².